The second kappa shape index (κ2) is 15.1. The van der Waals surface area contributed by atoms with Crippen LogP contribution < -0.4 is 20.7 Å². The van der Waals surface area contributed by atoms with Crippen LogP contribution in [0.4, 0.5) is 5.69 Å². The number of nitrogens with zero attached hydrogens (tertiary/aromatic N) is 2. The van der Waals surface area contributed by atoms with Crippen molar-refractivity contribution in [2.24, 2.45) is 4.99 Å². The number of carbonyl (C=O) groups is 1. The van der Waals surface area contributed by atoms with Gasteiger partial charge in [-0.05, 0) is 74.3 Å². The van der Waals surface area contributed by atoms with Crippen molar-refractivity contribution >= 4 is 17.6 Å². The molecule has 3 N–H and O–H groups in total. The second-order valence-corrected chi connectivity index (χ2v) is 9.28. The van der Waals surface area contributed by atoms with E-state index in [2.05, 4.69) is 34.7 Å². The molecular formula is C29H43N5O2. The molecule has 0 atom stereocenters. The summed E-state index contributed by atoms with van der Waals surface area (Å²) in [7, 11) is 1.66. The molecule has 1 aliphatic carbocycles. The largest absolute Gasteiger partial charge is 0.497 e. The summed E-state index contributed by atoms with van der Waals surface area (Å²) < 4.78 is 5.19. The van der Waals surface area contributed by atoms with Crippen LogP contribution in [0.1, 0.15) is 61.9 Å². The topological polar surface area (TPSA) is 78.0 Å². The Hall–Kier alpha value is -3.06. The highest BCUT2D eigenvalue weighted by Gasteiger charge is 2.14. The lowest BCUT2D eigenvalue weighted by atomic mass is 9.96. The molecule has 3 rings (SSSR count). The van der Waals surface area contributed by atoms with Crippen LogP contribution in [0.2, 0.25) is 0 Å². The Kier molecular flexibility index (Phi) is 11.6. The lowest BCUT2D eigenvalue weighted by Crippen LogP contribution is -2.38. The van der Waals surface area contributed by atoms with Crippen LogP contribution in [0.25, 0.3) is 0 Å². The van der Waals surface area contributed by atoms with Crippen molar-refractivity contribution in [1.29, 1.82) is 0 Å². The zero-order valence-corrected chi connectivity index (χ0v) is 22.2. The summed E-state index contributed by atoms with van der Waals surface area (Å²) >= 11 is 0. The fourth-order valence-electron chi connectivity index (χ4n) is 4.44. The van der Waals surface area contributed by atoms with Gasteiger partial charge < -0.3 is 25.6 Å². The maximum atomic E-state index is 12.6. The van der Waals surface area contributed by atoms with Crippen LogP contribution in [-0.2, 0) is 6.42 Å². The van der Waals surface area contributed by atoms with Crippen molar-refractivity contribution < 1.29 is 9.53 Å². The van der Waals surface area contributed by atoms with Crippen LogP contribution in [0.5, 0.6) is 5.75 Å². The predicted octanol–water partition coefficient (Wildman–Crippen LogP) is 4.70. The fraction of sp³-hybridized carbons (Fsp3) is 0.517. The predicted molar refractivity (Wildman–Crippen MR) is 149 cm³/mol. The average Bonchev–Trinajstić information content (AvgIpc) is 2.92. The first-order valence-electron chi connectivity index (χ1n) is 13.4. The number of methoxy groups -OCH3 is 1. The van der Waals surface area contributed by atoms with Crippen molar-refractivity contribution in [3.05, 3.63) is 59.7 Å². The molecule has 0 heterocycles. The van der Waals surface area contributed by atoms with Crippen LogP contribution >= 0.6 is 0 Å². The van der Waals surface area contributed by atoms with E-state index in [1.807, 2.05) is 48.5 Å². The molecule has 0 aromatic heterocycles. The van der Waals surface area contributed by atoms with E-state index in [4.69, 9.17) is 9.73 Å². The zero-order valence-electron chi connectivity index (χ0n) is 22.2. The first kappa shape index (κ1) is 27.5. The highest BCUT2D eigenvalue weighted by Crippen LogP contribution is 2.20. The number of amides is 1. The van der Waals surface area contributed by atoms with E-state index in [0.717, 1.165) is 68.4 Å². The van der Waals surface area contributed by atoms with Gasteiger partial charge in [0.2, 0.25) is 0 Å². The van der Waals surface area contributed by atoms with Crippen molar-refractivity contribution in [2.75, 3.05) is 45.2 Å². The van der Waals surface area contributed by atoms with Crippen molar-refractivity contribution in [3.8, 4) is 5.75 Å². The third-order valence-electron chi connectivity index (χ3n) is 6.77. The highest BCUT2D eigenvalue weighted by atomic mass is 16.5. The molecule has 0 spiro atoms. The Morgan fingerprint density at radius 2 is 1.64 bits per heavy atom. The maximum Gasteiger partial charge on any atom is 0.251 e. The van der Waals surface area contributed by atoms with Gasteiger partial charge in [0.15, 0.2) is 5.96 Å². The minimum Gasteiger partial charge on any atom is -0.497 e. The van der Waals surface area contributed by atoms with Gasteiger partial charge in [-0.25, -0.2) is 4.99 Å². The van der Waals surface area contributed by atoms with E-state index < -0.39 is 0 Å². The number of anilines is 1. The number of hydrogen-bond acceptors (Lipinski definition) is 4. The highest BCUT2D eigenvalue weighted by molar-refractivity contribution is 5.96. The standard InChI is InChI=1S/C29H43N5O2/c1-4-34(5-2)22-21-31-29(32-25-9-7-6-8-10-25)33-26-15-13-24(14-16-26)28(35)30-20-19-23-11-17-27(36-3)18-12-23/h11-18,25H,4-10,19-22H2,1-3H3,(H,30,35)(H2,31,32,33). The maximum absolute atomic E-state index is 12.6. The Morgan fingerprint density at radius 1 is 0.944 bits per heavy atom. The Morgan fingerprint density at radius 3 is 2.28 bits per heavy atom. The first-order valence-corrected chi connectivity index (χ1v) is 13.4. The van der Waals surface area contributed by atoms with E-state index in [-0.39, 0.29) is 5.91 Å². The molecular weight excluding hydrogens is 450 g/mol. The molecule has 36 heavy (non-hydrogen) atoms. The number of guanidine groups is 1. The number of likely N-dealkylation sites (N-methyl/N-ethyl adjacent to an activating group) is 1. The Labute approximate surface area is 216 Å². The number of ether oxygens (including phenoxy) is 1. The van der Waals surface area contributed by atoms with Gasteiger partial charge in [-0.2, -0.15) is 0 Å². The van der Waals surface area contributed by atoms with E-state index in [1.165, 1.54) is 19.3 Å². The van der Waals surface area contributed by atoms with Crippen molar-refractivity contribution in [1.82, 2.24) is 15.5 Å². The Balaban J connectivity index is 1.53. The summed E-state index contributed by atoms with van der Waals surface area (Å²) in [4.78, 5) is 20.0. The number of benzene rings is 2. The second-order valence-electron chi connectivity index (χ2n) is 9.28. The van der Waals surface area contributed by atoms with Crippen LogP contribution in [0.15, 0.2) is 53.5 Å². The molecule has 0 unspecified atom stereocenters. The quantitative estimate of drug-likeness (QED) is 0.295. The summed E-state index contributed by atoms with van der Waals surface area (Å²) in [6.45, 7) is 8.88. The summed E-state index contributed by atoms with van der Waals surface area (Å²) in [6, 6.07) is 15.9. The third-order valence-corrected chi connectivity index (χ3v) is 6.77. The molecule has 2 aromatic rings. The molecule has 1 fully saturated rings. The lowest BCUT2D eigenvalue weighted by molar-refractivity contribution is 0.0954. The van der Waals surface area contributed by atoms with E-state index in [0.29, 0.717) is 18.2 Å². The number of nitrogens with one attached hydrogen (secondary N) is 3. The van der Waals surface area contributed by atoms with Crippen molar-refractivity contribution in [3.63, 3.8) is 0 Å². The van der Waals surface area contributed by atoms with E-state index in [9.17, 15) is 4.79 Å². The van der Waals surface area contributed by atoms with Crippen LogP contribution in [0, 0.1) is 0 Å². The van der Waals surface area contributed by atoms with Crippen molar-refractivity contribution in [2.45, 2.75) is 58.4 Å². The lowest BCUT2D eigenvalue weighted by Gasteiger charge is -2.22. The SMILES string of the molecule is CCN(CC)CCN/C(=N\C1CCCCC1)Nc1ccc(C(=O)NCCc2ccc(OC)cc2)cc1. The molecule has 7 nitrogen and oxygen atoms in total. The first-order chi connectivity index (χ1) is 17.6. The summed E-state index contributed by atoms with van der Waals surface area (Å²) in [6.07, 6.45) is 6.90. The molecule has 0 radical (unpaired) electrons. The molecule has 1 saturated carbocycles. The van der Waals surface area contributed by atoms with Gasteiger partial charge in [-0.15, -0.1) is 0 Å². The van der Waals surface area contributed by atoms with Gasteiger partial charge in [0.25, 0.3) is 5.91 Å². The van der Waals surface area contributed by atoms with Crippen LogP contribution in [0.3, 0.4) is 0 Å². The normalized spacial score (nSPS) is 14.5. The molecule has 0 aliphatic heterocycles. The molecule has 0 bridgehead atoms. The minimum absolute atomic E-state index is 0.0662. The zero-order chi connectivity index (χ0) is 25.6. The molecule has 0 saturated heterocycles. The number of carbonyl (C=O) groups excluding carboxylic acids is 1. The van der Waals surface area contributed by atoms with Gasteiger partial charge in [0, 0.05) is 30.9 Å². The summed E-state index contributed by atoms with van der Waals surface area (Å²) in [5.41, 5.74) is 2.74. The van der Waals surface area contributed by atoms with Gasteiger partial charge in [-0.3, -0.25) is 4.79 Å². The Bertz CT molecular complexity index is 933. The molecule has 196 valence electrons. The number of aliphatic imine (C=N–C) groups is 1. The molecule has 7 heteroatoms. The monoisotopic (exact) mass is 493 g/mol. The van der Waals surface area contributed by atoms with Gasteiger partial charge in [0.05, 0.1) is 13.2 Å². The fourth-order valence-corrected chi connectivity index (χ4v) is 4.44. The number of hydrogen-bond donors (Lipinski definition) is 3. The minimum atomic E-state index is -0.0662. The summed E-state index contributed by atoms with van der Waals surface area (Å²) in [5.74, 6) is 1.59. The molecule has 1 aliphatic rings. The van der Waals surface area contributed by atoms with Crippen LogP contribution in [-0.4, -0.2) is 62.6 Å². The third kappa shape index (κ3) is 9.19. The van der Waals surface area contributed by atoms with E-state index >= 15 is 0 Å². The molecule has 2 aromatic carbocycles. The van der Waals surface area contributed by atoms with E-state index in [1.54, 1.807) is 7.11 Å². The number of rotatable bonds is 12. The smallest absolute Gasteiger partial charge is 0.251 e. The molecule has 1 amide bonds. The summed E-state index contributed by atoms with van der Waals surface area (Å²) in [5, 5.41) is 9.98. The average molecular weight is 494 g/mol. The van der Waals surface area contributed by atoms with Gasteiger partial charge in [-0.1, -0.05) is 45.2 Å². The van der Waals surface area contributed by atoms with Gasteiger partial charge >= 0.3 is 0 Å². The van der Waals surface area contributed by atoms with Gasteiger partial charge in [0.1, 0.15) is 5.75 Å².